The molecule has 0 N–H and O–H groups in total. The third-order valence-corrected chi connectivity index (χ3v) is 8.46. The first-order valence-electron chi connectivity index (χ1n) is 11.1. The van der Waals surface area contributed by atoms with E-state index in [0.717, 1.165) is 51.9 Å². The number of rotatable bonds is 5. The van der Waals surface area contributed by atoms with E-state index in [9.17, 15) is 13.2 Å². The summed E-state index contributed by atoms with van der Waals surface area (Å²) in [4.78, 5) is 19.9. The lowest BCUT2D eigenvalue weighted by Gasteiger charge is -2.41. The molecule has 6 nitrogen and oxygen atoms in total. The number of carbonyl (C=O) groups excluding carboxylic acids is 1. The Balaban J connectivity index is 1.38. The molecule has 0 aromatic heterocycles. The summed E-state index contributed by atoms with van der Waals surface area (Å²) >= 11 is 0. The number of amides is 1. The Bertz CT molecular complexity index is 785. The van der Waals surface area contributed by atoms with E-state index < -0.39 is 9.84 Å². The Labute approximate surface area is 174 Å². The minimum Gasteiger partial charge on any atom is -0.369 e. The van der Waals surface area contributed by atoms with Crippen molar-refractivity contribution in [1.82, 2.24) is 9.80 Å². The van der Waals surface area contributed by atoms with Gasteiger partial charge in [0.15, 0.2) is 9.84 Å². The van der Waals surface area contributed by atoms with Crippen molar-refractivity contribution < 1.29 is 13.2 Å². The molecule has 160 valence electrons. The first-order chi connectivity index (χ1) is 14.0. The zero-order valence-corrected chi connectivity index (χ0v) is 18.0. The van der Waals surface area contributed by atoms with E-state index in [0.29, 0.717) is 13.0 Å². The smallest absolute Gasteiger partial charge is 0.237 e. The Morgan fingerprint density at radius 1 is 0.931 bits per heavy atom. The van der Waals surface area contributed by atoms with Crippen molar-refractivity contribution in [2.45, 2.75) is 50.6 Å². The fourth-order valence-electron chi connectivity index (χ4n) is 5.14. The molecular formula is C22H33N3O3S. The summed E-state index contributed by atoms with van der Waals surface area (Å²) in [7, 11) is -3.00. The van der Waals surface area contributed by atoms with Crippen LogP contribution in [0, 0.1) is 0 Å². The molecule has 1 unspecified atom stereocenters. The highest BCUT2D eigenvalue weighted by Gasteiger charge is 2.39. The molecular weight excluding hydrogens is 386 g/mol. The van der Waals surface area contributed by atoms with Crippen LogP contribution in [0.4, 0.5) is 5.69 Å². The van der Waals surface area contributed by atoms with Gasteiger partial charge in [-0.1, -0.05) is 37.5 Å². The highest BCUT2D eigenvalue weighted by atomic mass is 32.2. The summed E-state index contributed by atoms with van der Waals surface area (Å²) in [5, 5.41) is 0. The second-order valence-electron chi connectivity index (χ2n) is 8.75. The van der Waals surface area contributed by atoms with Crippen LogP contribution in [0.5, 0.6) is 0 Å². The number of piperazine rings is 1. The van der Waals surface area contributed by atoms with Gasteiger partial charge in [-0.15, -0.1) is 0 Å². The van der Waals surface area contributed by atoms with Crippen LogP contribution < -0.4 is 4.90 Å². The lowest BCUT2D eigenvalue weighted by atomic mass is 9.92. The highest BCUT2D eigenvalue weighted by molar-refractivity contribution is 7.91. The molecule has 1 amide bonds. The normalized spacial score (nSPS) is 25.8. The summed E-state index contributed by atoms with van der Waals surface area (Å²) in [5.74, 6) is 0.508. The second-order valence-corrected chi connectivity index (χ2v) is 11.0. The van der Waals surface area contributed by atoms with Crippen LogP contribution in [0.15, 0.2) is 30.3 Å². The van der Waals surface area contributed by atoms with Crippen LogP contribution in [0.2, 0.25) is 0 Å². The van der Waals surface area contributed by atoms with Gasteiger partial charge in [0.1, 0.15) is 0 Å². The van der Waals surface area contributed by atoms with Gasteiger partial charge >= 0.3 is 0 Å². The fourth-order valence-corrected chi connectivity index (χ4v) is 6.85. The van der Waals surface area contributed by atoms with Gasteiger partial charge in [-0.3, -0.25) is 9.69 Å². The average molecular weight is 420 g/mol. The van der Waals surface area contributed by atoms with Crippen molar-refractivity contribution in [2.24, 2.45) is 0 Å². The van der Waals surface area contributed by atoms with Crippen LogP contribution in [0.3, 0.4) is 0 Å². The van der Waals surface area contributed by atoms with E-state index in [4.69, 9.17) is 0 Å². The summed E-state index contributed by atoms with van der Waals surface area (Å²) in [6, 6.07) is 10.5. The number of benzene rings is 1. The largest absolute Gasteiger partial charge is 0.369 e. The summed E-state index contributed by atoms with van der Waals surface area (Å²) in [6.45, 7) is 3.97. The predicted molar refractivity (Wildman–Crippen MR) is 116 cm³/mol. The molecule has 4 rings (SSSR count). The molecule has 1 saturated carbocycles. The van der Waals surface area contributed by atoms with Gasteiger partial charge in [-0.05, 0) is 31.4 Å². The van der Waals surface area contributed by atoms with Gasteiger partial charge < -0.3 is 9.80 Å². The lowest BCUT2D eigenvalue weighted by molar-refractivity contribution is -0.137. The average Bonchev–Trinajstić information content (AvgIpc) is 3.09. The number of sulfone groups is 1. The van der Waals surface area contributed by atoms with Crippen molar-refractivity contribution in [3.63, 3.8) is 0 Å². The van der Waals surface area contributed by atoms with Crippen LogP contribution in [0.1, 0.15) is 38.5 Å². The first-order valence-corrected chi connectivity index (χ1v) is 12.9. The highest BCUT2D eigenvalue weighted by Crippen LogP contribution is 2.28. The van der Waals surface area contributed by atoms with Gasteiger partial charge in [-0.25, -0.2) is 8.42 Å². The third kappa shape index (κ3) is 5.12. The van der Waals surface area contributed by atoms with E-state index >= 15 is 0 Å². The standard InChI is InChI=1S/C22H33N3O3S/c26-22(17-23-12-14-24(15-13-23)19-7-3-1-4-8-19)25(20-9-5-2-6-10-20)21-11-16-29(27,28)18-21/h1,3-4,7-8,20-21H,2,5-6,9-18H2. The number of hydrogen-bond donors (Lipinski definition) is 0. The molecule has 0 radical (unpaired) electrons. The van der Waals surface area contributed by atoms with Gasteiger partial charge in [0, 0.05) is 44.0 Å². The zero-order chi connectivity index (χ0) is 20.3. The van der Waals surface area contributed by atoms with Crippen molar-refractivity contribution >= 4 is 21.4 Å². The van der Waals surface area contributed by atoms with Crippen molar-refractivity contribution in [2.75, 3.05) is 49.1 Å². The summed E-state index contributed by atoms with van der Waals surface area (Å²) < 4.78 is 24.1. The van der Waals surface area contributed by atoms with Gasteiger partial charge in [0.05, 0.1) is 18.1 Å². The first kappa shape index (κ1) is 20.7. The van der Waals surface area contributed by atoms with Crippen LogP contribution in [0.25, 0.3) is 0 Å². The maximum absolute atomic E-state index is 13.3. The Morgan fingerprint density at radius 3 is 2.24 bits per heavy atom. The lowest BCUT2D eigenvalue weighted by Crippen LogP contribution is -2.54. The van der Waals surface area contributed by atoms with E-state index in [1.165, 1.54) is 12.1 Å². The van der Waals surface area contributed by atoms with Crippen LogP contribution >= 0.6 is 0 Å². The molecule has 2 heterocycles. The van der Waals surface area contributed by atoms with Crippen molar-refractivity contribution in [3.05, 3.63) is 30.3 Å². The molecule has 0 bridgehead atoms. The SMILES string of the molecule is O=C(CN1CCN(c2ccccc2)CC1)N(C1CCCCC1)C1CCS(=O)(=O)C1. The minimum atomic E-state index is -3.00. The molecule has 1 atom stereocenters. The quantitative estimate of drug-likeness (QED) is 0.732. The molecule has 2 aliphatic heterocycles. The predicted octanol–water partition coefficient (Wildman–Crippen LogP) is 2.16. The second kappa shape index (κ2) is 9.04. The Morgan fingerprint density at radius 2 is 1.62 bits per heavy atom. The molecule has 1 aliphatic carbocycles. The molecule has 1 aromatic rings. The zero-order valence-electron chi connectivity index (χ0n) is 17.2. The fraction of sp³-hybridized carbons (Fsp3) is 0.682. The number of carbonyl (C=O) groups is 1. The topological polar surface area (TPSA) is 60.9 Å². The van der Waals surface area contributed by atoms with E-state index in [1.54, 1.807) is 0 Å². The molecule has 7 heteroatoms. The molecule has 2 saturated heterocycles. The molecule has 29 heavy (non-hydrogen) atoms. The Kier molecular flexibility index (Phi) is 6.44. The minimum absolute atomic E-state index is 0.124. The van der Waals surface area contributed by atoms with Gasteiger partial charge in [-0.2, -0.15) is 0 Å². The number of para-hydroxylation sites is 1. The summed E-state index contributed by atoms with van der Waals surface area (Å²) in [5.41, 5.74) is 1.23. The van der Waals surface area contributed by atoms with E-state index in [1.807, 2.05) is 11.0 Å². The molecule has 3 aliphatic rings. The van der Waals surface area contributed by atoms with Crippen LogP contribution in [-0.2, 0) is 14.6 Å². The maximum Gasteiger partial charge on any atom is 0.237 e. The van der Waals surface area contributed by atoms with Crippen molar-refractivity contribution in [3.8, 4) is 0 Å². The summed E-state index contributed by atoms with van der Waals surface area (Å²) in [6.07, 6.45) is 6.15. The van der Waals surface area contributed by atoms with E-state index in [2.05, 4.69) is 34.1 Å². The Hall–Kier alpha value is -1.60. The molecule has 0 spiro atoms. The third-order valence-electron chi connectivity index (χ3n) is 6.71. The number of nitrogens with zero attached hydrogens (tertiary/aromatic N) is 3. The molecule has 1 aromatic carbocycles. The monoisotopic (exact) mass is 419 g/mol. The molecule has 3 fully saturated rings. The van der Waals surface area contributed by atoms with Crippen LogP contribution in [-0.4, -0.2) is 80.4 Å². The number of anilines is 1. The van der Waals surface area contributed by atoms with Crippen molar-refractivity contribution in [1.29, 1.82) is 0 Å². The van der Waals surface area contributed by atoms with E-state index in [-0.39, 0.29) is 29.5 Å². The van der Waals surface area contributed by atoms with Gasteiger partial charge in [0.2, 0.25) is 5.91 Å². The van der Waals surface area contributed by atoms with Gasteiger partial charge in [0.25, 0.3) is 0 Å². The maximum atomic E-state index is 13.3. The number of hydrogen-bond acceptors (Lipinski definition) is 5.